The molecule has 0 bridgehead atoms. The van der Waals surface area contributed by atoms with Crippen molar-refractivity contribution in [2.75, 3.05) is 0 Å². The summed E-state index contributed by atoms with van der Waals surface area (Å²) in [5, 5.41) is 7.92. The first kappa shape index (κ1) is 21.9. The fourth-order valence-corrected chi connectivity index (χ4v) is 2.89. The highest BCUT2D eigenvalue weighted by atomic mass is 19.4. The van der Waals surface area contributed by atoms with Crippen LogP contribution in [-0.2, 0) is 19.8 Å². The van der Waals surface area contributed by atoms with Crippen LogP contribution < -0.4 is 10.5 Å². The number of alkyl halides is 3. The minimum absolute atomic E-state index is 0.0219. The molecule has 3 aromatic heterocycles. The molecule has 170 valence electrons. The maximum Gasteiger partial charge on any atom is 0.417 e. The summed E-state index contributed by atoms with van der Waals surface area (Å²) in [6.45, 7) is -0.107. The number of benzene rings is 1. The maximum absolute atomic E-state index is 14.1. The van der Waals surface area contributed by atoms with Gasteiger partial charge in [-0.15, -0.1) is 0 Å². The average Bonchev–Trinajstić information content (AvgIpc) is 3.38. The highest BCUT2D eigenvalue weighted by molar-refractivity contribution is 5.93. The largest absolute Gasteiger partial charge is 0.471 e. The molecule has 33 heavy (non-hydrogen) atoms. The van der Waals surface area contributed by atoms with E-state index in [1.807, 2.05) is 0 Å². The van der Waals surface area contributed by atoms with Crippen LogP contribution in [0.4, 0.5) is 17.6 Å². The summed E-state index contributed by atoms with van der Waals surface area (Å²) in [6, 6.07) is 5.65. The number of carbonyl (C=O) groups is 1. The Bertz CT molecular complexity index is 1310. The number of primary amides is 1. The Labute approximate surface area is 182 Å². The van der Waals surface area contributed by atoms with Gasteiger partial charge in [-0.1, -0.05) is 11.2 Å². The van der Waals surface area contributed by atoms with Crippen molar-refractivity contribution in [3.8, 4) is 28.7 Å². The third-order valence-electron chi connectivity index (χ3n) is 4.63. The predicted molar refractivity (Wildman–Crippen MR) is 104 cm³/mol. The topological polar surface area (TPSA) is 122 Å². The van der Waals surface area contributed by atoms with Crippen molar-refractivity contribution in [2.24, 2.45) is 12.8 Å². The summed E-state index contributed by atoms with van der Waals surface area (Å²) in [5.41, 5.74) is 5.06. The second kappa shape index (κ2) is 8.33. The summed E-state index contributed by atoms with van der Waals surface area (Å²) in [4.78, 5) is 19.1. The van der Waals surface area contributed by atoms with Crippen molar-refractivity contribution < 1.29 is 31.6 Å². The maximum atomic E-state index is 14.1. The number of pyridine rings is 1. The van der Waals surface area contributed by atoms with E-state index < -0.39 is 23.5 Å². The number of amides is 1. The van der Waals surface area contributed by atoms with Gasteiger partial charge in [-0.3, -0.25) is 9.48 Å². The molecule has 4 rings (SSSR count). The molecule has 0 unspecified atom stereocenters. The summed E-state index contributed by atoms with van der Waals surface area (Å²) < 4.78 is 64.3. The van der Waals surface area contributed by atoms with Crippen LogP contribution in [0.5, 0.6) is 5.88 Å². The number of nitrogens with zero attached hydrogens (tertiary/aromatic N) is 5. The van der Waals surface area contributed by atoms with Crippen LogP contribution in [0.25, 0.3) is 22.8 Å². The van der Waals surface area contributed by atoms with Gasteiger partial charge in [0.1, 0.15) is 12.4 Å². The number of halogens is 4. The van der Waals surface area contributed by atoms with E-state index in [1.54, 1.807) is 7.05 Å². The van der Waals surface area contributed by atoms with Gasteiger partial charge in [-0.2, -0.15) is 23.3 Å². The molecular formula is C20H14F4N6O3. The van der Waals surface area contributed by atoms with Crippen molar-refractivity contribution in [2.45, 2.75) is 12.8 Å². The summed E-state index contributed by atoms with van der Waals surface area (Å²) in [5.74, 6) is -1.65. The number of aryl methyl sites for hydroxylation is 1. The molecule has 0 spiro atoms. The molecule has 1 amide bonds. The van der Waals surface area contributed by atoms with E-state index in [9.17, 15) is 22.4 Å². The molecular weight excluding hydrogens is 448 g/mol. The van der Waals surface area contributed by atoms with Crippen LogP contribution in [0.3, 0.4) is 0 Å². The second-order valence-electron chi connectivity index (χ2n) is 6.78. The van der Waals surface area contributed by atoms with Crippen LogP contribution in [0, 0.1) is 5.82 Å². The van der Waals surface area contributed by atoms with E-state index in [2.05, 4.69) is 20.2 Å². The minimum atomic E-state index is -4.50. The molecule has 3 heterocycles. The summed E-state index contributed by atoms with van der Waals surface area (Å²) in [7, 11) is 1.62. The molecule has 1 aromatic carbocycles. The standard InChI is InChI=1S/C20H14F4N6O3/c1-30-15(9-32-16-5-3-11(7-26-16)20(22,23)24)13(8-27-30)19-28-18(29-33-19)10-2-4-12(17(25)31)14(21)6-10/h2-8H,9H2,1H3,(H2,25,31). The number of carbonyl (C=O) groups excluding carboxylic acids is 1. The Morgan fingerprint density at radius 2 is 2.00 bits per heavy atom. The SMILES string of the molecule is Cn1ncc(-c2nc(-c3ccc(C(N)=O)c(F)c3)no2)c1COc1ccc(C(F)(F)F)cn1. The quantitative estimate of drug-likeness (QED) is 0.436. The third-order valence-corrected chi connectivity index (χ3v) is 4.63. The molecule has 0 saturated heterocycles. The lowest BCUT2D eigenvalue weighted by molar-refractivity contribution is -0.137. The Hall–Kier alpha value is -4.29. The molecule has 13 heteroatoms. The number of aromatic nitrogens is 5. The number of ether oxygens (including phenoxy) is 1. The molecule has 0 aliphatic carbocycles. The first-order chi connectivity index (χ1) is 15.6. The van der Waals surface area contributed by atoms with Gasteiger partial charge >= 0.3 is 6.18 Å². The molecule has 0 aliphatic heterocycles. The molecule has 0 fully saturated rings. The van der Waals surface area contributed by atoms with Crippen molar-refractivity contribution in [3.63, 3.8) is 0 Å². The lowest BCUT2D eigenvalue weighted by Crippen LogP contribution is -2.12. The van der Waals surface area contributed by atoms with Crippen LogP contribution >= 0.6 is 0 Å². The number of hydrogen-bond acceptors (Lipinski definition) is 7. The number of hydrogen-bond donors (Lipinski definition) is 1. The summed E-state index contributed by atoms with van der Waals surface area (Å²) >= 11 is 0. The molecule has 9 nitrogen and oxygen atoms in total. The van der Waals surface area contributed by atoms with E-state index in [4.69, 9.17) is 15.0 Å². The Balaban J connectivity index is 1.54. The van der Waals surface area contributed by atoms with E-state index in [1.165, 1.54) is 23.0 Å². The average molecular weight is 462 g/mol. The van der Waals surface area contributed by atoms with Crippen molar-refractivity contribution >= 4 is 5.91 Å². The van der Waals surface area contributed by atoms with Gasteiger partial charge in [-0.25, -0.2) is 9.37 Å². The fraction of sp³-hybridized carbons (Fsp3) is 0.150. The summed E-state index contributed by atoms with van der Waals surface area (Å²) in [6.07, 6.45) is -2.39. The Morgan fingerprint density at radius 3 is 2.64 bits per heavy atom. The van der Waals surface area contributed by atoms with Gasteiger partial charge in [0, 0.05) is 24.9 Å². The highest BCUT2D eigenvalue weighted by Gasteiger charge is 2.30. The van der Waals surface area contributed by atoms with Gasteiger partial charge in [0.25, 0.3) is 11.8 Å². The Morgan fingerprint density at radius 1 is 1.21 bits per heavy atom. The number of nitrogens with two attached hydrogens (primary N) is 1. The molecule has 0 aliphatic rings. The monoisotopic (exact) mass is 462 g/mol. The molecule has 0 saturated carbocycles. The molecule has 0 radical (unpaired) electrons. The van der Waals surface area contributed by atoms with E-state index in [0.29, 0.717) is 17.5 Å². The van der Waals surface area contributed by atoms with Crippen molar-refractivity contribution in [1.82, 2.24) is 24.9 Å². The van der Waals surface area contributed by atoms with Crippen LogP contribution in [0.2, 0.25) is 0 Å². The zero-order chi connectivity index (χ0) is 23.8. The van der Waals surface area contributed by atoms with E-state index in [-0.39, 0.29) is 35.3 Å². The van der Waals surface area contributed by atoms with Crippen LogP contribution in [0.1, 0.15) is 21.6 Å². The van der Waals surface area contributed by atoms with Crippen molar-refractivity contribution in [3.05, 3.63) is 65.4 Å². The fourth-order valence-electron chi connectivity index (χ4n) is 2.89. The lowest BCUT2D eigenvalue weighted by Gasteiger charge is -2.09. The molecule has 4 aromatic rings. The lowest BCUT2D eigenvalue weighted by atomic mass is 10.1. The molecule has 2 N–H and O–H groups in total. The molecule has 0 atom stereocenters. The first-order valence-electron chi connectivity index (χ1n) is 9.24. The minimum Gasteiger partial charge on any atom is -0.471 e. The predicted octanol–water partition coefficient (Wildman–Crippen LogP) is 3.37. The highest BCUT2D eigenvalue weighted by Crippen LogP contribution is 2.30. The normalized spacial score (nSPS) is 11.5. The second-order valence-corrected chi connectivity index (χ2v) is 6.78. The smallest absolute Gasteiger partial charge is 0.417 e. The zero-order valence-corrected chi connectivity index (χ0v) is 16.8. The van der Waals surface area contributed by atoms with Gasteiger partial charge in [0.15, 0.2) is 0 Å². The van der Waals surface area contributed by atoms with Gasteiger partial charge in [-0.05, 0) is 18.2 Å². The third kappa shape index (κ3) is 4.51. The van der Waals surface area contributed by atoms with Crippen LogP contribution in [-0.4, -0.2) is 30.8 Å². The van der Waals surface area contributed by atoms with Crippen molar-refractivity contribution in [1.29, 1.82) is 0 Å². The van der Waals surface area contributed by atoms with E-state index >= 15 is 0 Å². The van der Waals surface area contributed by atoms with E-state index in [0.717, 1.165) is 18.2 Å². The zero-order valence-electron chi connectivity index (χ0n) is 16.8. The van der Waals surface area contributed by atoms with Crippen LogP contribution in [0.15, 0.2) is 47.2 Å². The number of rotatable bonds is 6. The van der Waals surface area contributed by atoms with Gasteiger partial charge < -0.3 is 15.0 Å². The van der Waals surface area contributed by atoms with Gasteiger partial charge in [0.2, 0.25) is 11.7 Å². The van der Waals surface area contributed by atoms with Gasteiger partial charge in [0.05, 0.1) is 28.6 Å². The Kier molecular flexibility index (Phi) is 5.54. The first-order valence-corrected chi connectivity index (χ1v) is 9.24.